The Labute approximate surface area is 138 Å². The fraction of sp³-hybridized carbons (Fsp3) is 1.00. The molecule has 2 saturated carbocycles. The van der Waals surface area contributed by atoms with Gasteiger partial charge < -0.3 is 50.7 Å². The van der Waals surface area contributed by atoms with Crippen LogP contribution in [0.4, 0.5) is 0 Å². The van der Waals surface area contributed by atoms with Gasteiger partial charge in [0.1, 0.15) is 30.5 Å². The summed E-state index contributed by atoms with van der Waals surface area (Å²) in [4.78, 5) is 0. The van der Waals surface area contributed by atoms with Crippen LogP contribution in [0.5, 0.6) is 0 Å². The van der Waals surface area contributed by atoms with Gasteiger partial charge in [0, 0.05) is 18.4 Å². The molecular weight excluding hydrogens is 328 g/mol. The van der Waals surface area contributed by atoms with Gasteiger partial charge in [0.25, 0.3) is 0 Å². The largest absolute Gasteiger partial charge is 0.396 e. The fourth-order valence-corrected chi connectivity index (χ4v) is 3.37. The van der Waals surface area contributed by atoms with E-state index in [1.807, 2.05) is 0 Å². The molecule has 0 aromatic rings. The molecule has 2 rings (SSSR count). The third-order valence-corrected chi connectivity index (χ3v) is 5.11. The summed E-state index contributed by atoms with van der Waals surface area (Å²) in [6.45, 7) is -0.811. The lowest BCUT2D eigenvalue weighted by atomic mass is 9.78. The number of hydrogen-bond donors (Lipinski definition) is 9. The van der Waals surface area contributed by atoms with Gasteiger partial charge in [0.05, 0.1) is 31.0 Å². The molecule has 0 aromatic heterocycles. The van der Waals surface area contributed by atoms with Crippen molar-refractivity contribution in [2.45, 2.75) is 61.4 Å². The van der Waals surface area contributed by atoms with Crippen LogP contribution >= 0.6 is 0 Å². The maximum Gasteiger partial charge on any atom is 0.111 e. The number of rotatable bonds is 4. The van der Waals surface area contributed by atoms with Crippen LogP contribution < -0.4 is 0 Å². The van der Waals surface area contributed by atoms with E-state index in [9.17, 15) is 46.0 Å². The number of hydrogen-bond acceptors (Lipinski definition) is 10. The van der Waals surface area contributed by atoms with Crippen molar-refractivity contribution in [2.75, 3.05) is 13.2 Å². The van der Waals surface area contributed by atoms with E-state index in [-0.39, 0.29) is 13.0 Å². The van der Waals surface area contributed by atoms with Gasteiger partial charge in [0.2, 0.25) is 0 Å². The van der Waals surface area contributed by atoms with Crippen molar-refractivity contribution in [2.24, 2.45) is 11.8 Å². The highest BCUT2D eigenvalue weighted by Gasteiger charge is 2.49. The van der Waals surface area contributed by atoms with Crippen molar-refractivity contribution in [3.05, 3.63) is 0 Å². The zero-order valence-electron chi connectivity index (χ0n) is 12.9. The van der Waals surface area contributed by atoms with Crippen LogP contribution in [-0.2, 0) is 4.74 Å². The Morgan fingerprint density at radius 1 is 0.625 bits per heavy atom. The second kappa shape index (κ2) is 7.87. The Hall–Kier alpha value is -0.400. The lowest BCUT2D eigenvalue weighted by molar-refractivity contribution is -0.227. The maximum atomic E-state index is 9.95. The van der Waals surface area contributed by atoms with Gasteiger partial charge in [-0.3, -0.25) is 0 Å². The van der Waals surface area contributed by atoms with Crippen molar-refractivity contribution >= 4 is 0 Å². The molecular formula is C14H26O10. The molecule has 2 aliphatic rings. The Bertz CT molecular complexity index is 391. The average Bonchev–Trinajstić information content (AvgIpc) is 2.57. The van der Waals surface area contributed by atoms with Gasteiger partial charge in [-0.05, 0) is 6.42 Å². The normalized spacial score (nSPS) is 53.1. The average molecular weight is 354 g/mol. The molecule has 0 spiro atoms. The Balaban J connectivity index is 2.01. The smallest absolute Gasteiger partial charge is 0.111 e. The summed E-state index contributed by atoms with van der Waals surface area (Å²) in [5.74, 6) is -1.85. The minimum Gasteiger partial charge on any atom is -0.396 e. The van der Waals surface area contributed by atoms with Crippen molar-refractivity contribution in [1.29, 1.82) is 0 Å². The molecule has 24 heavy (non-hydrogen) atoms. The molecule has 11 atom stereocenters. The molecule has 0 bridgehead atoms. The summed E-state index contributed by atoms with van der Waals surface area (Å²) >= 11 is 0. The van der Waals surface area contributed by atoms with Crippen molar-refractivity contribution in [3.63, 3.8) is 0 Å². The lowest BCUT2D eigenvalue weighted by Crippen LogP contribution is -2.62. The molecule has 10 nitrogen and oxygen atoms in total. The minimum absolute atomic E-state index is 0.0303. The van der Waals surface area contributed by atoms with Crippen molar-refractivity contribution in [3.8, 4) is 0 Å². The van der Waals surface area contributed by atoms with E-state index in [0.29, 0.717) is 0 Å². The second-order valence-corrected chi connectivity index (χ2v) is 6.64. The standard InChI is InChI=1S/C14H26O10/c15-2-4-1-6(10(19)11(20)7(4)16)24-3-5-8(17)12(21)14(23)13(22)9(5)18/h4-23H,1-3H2/t4-,5?,6+,7-,8-,9+,10-,11+,12+,13-,14?/m1/s1. The third kappa shape index (κ3) is 3.58. The van der Waals surface area contributed by atoms with Crippen molar-refractivity contribution in [1.82, 2.24) is 0 Å². The minimum atomic E-state index is -1.71. The Kier molecular flexibility index (Phi) is 6.53. The number of ether oxygens (including phenoxy) is 1. The van der Waals surface area contributed by atoms with Crippen LogP contribution in [0.15, 0.2) is 0 Å². The zero-order chi connectivity index (χ0) is 18.2. The molecule has 2 fully saturated rings. The van der Waals surface area contributed by atoms with Crippen LogP contribution in [-0.4, -0.2) is 114 Å². The van der Waals surface area contributed by atoms with E-state index >= 15 is 0 Å². The SMILES string of the molecule is OC[C@H]1C[C@H](OCC2[C@@H](O)[C@H](O)C(O)[C@H](O)[C@H]2O)[C@@H](O)[C@@H](O)[C@@H]1O. The maximum absolute atomic E-state index is 9.95. The summed E-state index contributed by atoms with van der Waals surface area (Å²) in [5.41, 5.74) is 0. The van der Waals surface area contributed by atoms with E-state index in [0.717, 1.165) is 0 Å². The molecule has 0 aromatic carbocycles. The summed E-state index contributed by atoms with van der Waals surface area (Å²) < 4.78 is 5.40. The molecule has 0 aliphatic heterocycles. The van der Waals surface area contributed by atoms with E-state index in [2.05, 4.69) is 0 Å². The highest BCUT2D eigenvalue weighted by Crippen LogP contribution is 2.31. The molecule has 9 N–H and O–H groups in total. The lowest BCUT2D eigenvalue weighted by Gasteiger charge is -2.44. The summed E-state index contributed by atoms with van der Waals surface area (Å²) in [6, 6.07) is 0. The van der Waals surface area contributed by atoms with E-state index < -0.39 is 73.4 Å². The molecule has 142 valence electrons. The third-order valence-electron chi connectivity index (χ3n) is 5.11. The van der Waals surface area contributed by atoms with E-state index in [4.69, 9.17) is 4.74 Å². The highest BCUT2D eigenvalue weighted by molar-refractivity contribution is 4.99. The number of aliphatic hydroxyl groups excluding tert-OH is 9. The van der Waals surface area contributed by atoms with E-state index in [1.54, 1.807) is 0 Å². The zero-order valence-corrected chi connectivity index (χ0v) is 12.9. The highest BCUT2D eigenvalue weighted by atomic mass is 16.5. The van der Waals surface area contributed by atoms with Gasteiger partial charge in [0.15, 0.2) is 0 Å². The molecule has 10 heteroatoms. The van der Waals surface area contributed by atoms with Crippen LogP contribution in [0, 0.1) is 11.8 Å². The summed E-state index contributed by atoms with van der Waals surface area (Å²) in [6.07, 6.45) is -13.4. The van der Waals surface area contributed by atoms with Crippen LogP contribution in [0.2, 0.25) is 0 Å². The number of aliphatic hydroxyl groups is 9. The first kappa shape index (κ1) is 19.9. The van der Waals surface area contributed by atoms with Crippen molar-refractivity contribution < 1.29 is 50.7 Å². The van der Waals surface area contributed by atoms with Crippen LogP contribution in [0.3, 0.4) is 0 Å². The van der Waals surface area contributed by atoms with Gasteiger partial charge in [-0.25, -0.2) is 0 Å². The Morgan fingerprint density at radius 2 is 1.08 bits per heavy atom. The molecule has 0 radical (unpaired) electrons. The topological polar surface area (TPSA) is 191 Å². The van der Waals surface area contributed by atoms with E-state index in [1.165, 1.54) is 0 Å². The summed E-state index contributed by atoms with van der Waals surface area (Å²) in [7, 11) is 0. The van der Waals surface area contributed by atoms with Gasteiger partial charge in [-0.1, -0.05) is 0 Å². The first-order chi connectivity index (χ1) is 11.2. The van der Waals surface area contributed by atoms with Gasteiger partial charge in [-0.15, -0.1) is 0 Å². The van der Waals surface area contributed by atoms with Crippen LogP contribution in [0.1, 0.15) is 6.42 Å². The molecule has 2 unspecified atom stereocenters. The quantitative estimate of drug-likeness (QED) is 0.236. The second-order valence-electron chi connectivity index (χ2n) is 6.64. The fourth-order valence-electron chi connectivity index (χ4n) is 3.37. The molecule has 2 aliphatic carbocycles. The monoisotopic (exact) mass is 354 g/mol. The molecule has 0 amide bonds. The van der Waals surface area contributed by atoms with Gasteiger partial charge >= 0.3 is 0 Å². The first-order valence-electron chi connectivity index (χ1n) is 7.87. The predicted octanol–water partition coefficient (Wildman–Crippen LogP) is -5.10. The molecule has 0 heterocycles. The predicted molar refractivity (Wildman–Crippen MR) is 76.5 cm³/mol. The first-order valence-corrected chi connectivity index (χ1v) is 7.87. The van der Waals surface area contributed by atoms with Crippen LogP contribution in [0.25, 0.3) is 0 Å². The Morgan fingerprint density at radius 3 is 1.58 bits per heavy atom. The molecule has 0 saturated heterocycles. The van der Waals surface area contributed by atoms with Gasteiger partial charge in [-0.2, -0.15) is 0 Å². The summed E-state index contributed by atoms with van der Waals surface area (Å²) in [5, 5.41) is 87.4.